The molecular weight excluding hydrogens is 196 g/mol. The first-order valence-corrected chi connectivity index (χ1v) is 5.28. The van der Waals surface area contributed by atoms with Crippen LogP contribution in [-0.2, 0) is 4.79 Å². The molecular formula is C10H12N2OS. The molecule has 1 aliphatic rings. The molecule has 1 N–H and O–H groups in total. The summed E-state index contributed by atoms with van der Waals surface area (Å²) in [5, 5.41) is 3.77. The van der Waals surface area contributed by atoms with Crippen LogP contribution in [0.4, 0.5) is 5.69 Å². The van der Waals surface area contributed by atoms with Crippen LogP contribution in [0.25, 0.3) is 0 Å². The molecule has 0 unspecified atom stereocenters. The van der Waals surface area contributed by atoms with Gasteiger partial charge in [0.25, 0.3) is 0 Å². The third-order valence-corrected chi connectivity index (χ3v) is 3.35. The monoisotopic (exact) mass is 208 g/mol. The van der Waals surface area contributed by atoms with E-state index < -0.39 is 4.75 Å². The van der Waals surface area contributed by atoms with Crippen molar-refractivity contribution in [2.45, 2.75) is 30.5 Å². The van der Waals surface area contributed by atoms with Gasteiger partial charge in [0.05, 0.1) is 10.4 Å². The lowest BCUT2D eigenvalue weighted by atomic mass is 10.2. The van der Waals surface area contributed by atoms with Gasteiger partial charge in [-0.3, -0.25) is 4.79 Å². The lowest BCUT2D eigenvalue weighted by Gasteiger charge is -2.28. The quantitative estimate of drug-likeness (QED) is 0.710. The number of rotatable bonds is 0. The van der Waals surface area contributed by atoms with Crippen molar-refractivity contribution < 1.29 is 4.79 Å². The third-order valence-electron chi connectivity index (χ3n) is 2.13. The Kier molecular flexibility index (Phi) is 2.03. The maximum absolute atomic E-state index is 11.6. The molecule has 0 saturated heterocycles. The normalized spacial score (nSPS) is 18.6. The van der Waals surface area contributed by atoms with Crippen LogP contribution in [-0.4, -0.2) is 15.6 Å². The number of carbonyl (C=O) groups is 1. The highest BCUT2D eigenvalue weighted by molar-refractivity contribution is 8.01. The van der Waals surface area contributed by atoms with Crippen LogP contribution in [0.1, 0.15) is 19.4 Å². The summed E-state index contributed by atoms with van der Waals surface area (Å²) in [6.45, 7) is 5.76. The van der Waals surface area contributed by atoms with Crippen molar-refractivity contribution in [1.82, 2.24) is 4.98 Å². The van der Waals surface area contributed by atoms with Gasteiger partial charge in [-0.2, -0.15) is 0 Å². The van der Waals surface area contributed by atoms with Crippen LogP contribution in [0.3, 0.4) is 0 Å². The zero-order valence-electron chi connectivity index (χ0n) is 8.42. The topological polar surface area (TPSA) is 42.0 Å². The molecule has 2 rings (SSSR count). The van der Waals surface area contributed by atoms with Crippen molar-refractivity contribution in [2.24, 2.45) is 0 Å². The Hall–Kier alpha value is -1.03. The Bertz CT molecular complexity index is 401. The molecule has 0 aromatic carbocycles. The Balaban J connectivity index is 2.46. The predicted molar refractivity (Wildman–Crippen MR) is 57.5 cm³/mol. The Morgan fingerprint density at radius 3 is 2.93 bits per heavy atom. The zero-order valence-corrected chi connectivity index (χ0v) is 9.23. The summed E-state index contributed by atoms with van der Waals surface area (Å²) in [5.74, 6) is 0.0439. The van der Waals surface area contributed by atoms with E-state index in [1.54, 1.807) is 0 Å². The molecule has 4 heteroatoms. The van der Waals surface area contributed by atoms with Gasteiger partial charge >= 0.3 is 0 Å². The van der Waals surface area contributed by atoms with Gasteiger partial charge < -0.3 is 5.32 Å². The first-order chi connectivity index (χ1) is 6.49. The summed E-state index contributed by atoms with van der Waals surface area (Å²) in [4.78, 5) is 15.9. The fourth-order valence-corrected chi connectivity index (χ4v) is 2.24. The molecule has 1 aliphatic heterocycles. The van der Waals surface area contributed by atoms with Crippen LogP contribution >= 0.6 is 11.8 Å². The van der Waals surface area contributed by atoms with Gasteiger partial charge in [0, 0.05) is 6.20 Å². The Labute approximate surface area is 87.3 Å². The van der Waals surface area contributed by atoms with Gasteiger partial charge in [0.15, 0.2) is 0 Å². The minimum atomic E-state index is -0.421. The standard InChI is InChI=1S/C10H12N2OS/c1-6-4-7-8(11-5-6)14-10(2,3)9(13)12-7/h4-5H,1-3H3,(H,12,13). The van der Waals surface area contributed by atoms with Gasteiger partial charge in [0.1, 0.15) is 5.03 Å². The fraction of sp³-hybridized carbons (Fsp3) is 0.400. The number of aromatic nitrogens is 1. The first kappa shape index (κ1) is 9.52. The van der Waals surface area contributed by atoms with Gasteiger partial charge in [-0.05, 0) is 32.4 Å². The van der Waals surface area contributed by atoms with Gasteiger partial charge in [0.2, 0.25) is 5.91 Å². The van der Waals surface area contributed by atoms with Crippen molar-refractivity contribution in [3.05, 3.63) is 17.8 Å². The van der Waals surface area contributed by atoms with E-state index in [-0.39, 0.29) is 5.91 Å². The number of nitrogens with one attached hydrogen (secondary N) is 1. The molecule has 14 heavy (non-hydrogen) atoms. The summed E-state index contributed by atoms with van der Waals surface area (Å²) < 4.78 is -0.421. The second kappa shape index (κ2) is 2.98. The summed E-state index contributed by atoms with van der Waals surface area (Å²) in [7, 11) is 0. The number of nitrogens with zero attached hydrogens (tertiary/aromatic N) is 1. The van der Waals surface area contributed by atoms with E-state index in [1.807, 2.05) is 33.0 Å². The number of hydrogen-bond acceptors (Lipinski definition) is 3. The molecule has 0 atom stereocenters. The molecule has 0 spiro atoms. The lowest BCUT2D eigenvalue weighted by molar-refractivity contribution is -0.117. The summed E-state index contributed by atoms with van der Waals surface area (Å²) >= 11 is 1.51. The molecule has 0 saturated carbocycles. The molecule has 2 heterocycles. The highest BCUT2D eigenvalue weighted by atomic mass is 32.2. The molecule has 1 aromatic rings. The minimum Gasteiger partial charge on any atom is -0.323 e. The summed E-state index contributed by atoms with van der Waals surface area (Å²) in [5.41, 5.74) is 1.89. The van der Waals surface area contributed by atoms with E-state index in [4.69, 9.17) is 0 Å². The number of amides is 1. The number of thioether (sulfide) groups is 1. The highest BCUT2D eigenvalue weighted by Gasteiger charge is 2.35. The Morgan fingerprint density at radius 1 is 1.50 bits per heavy atom. The molecule has 0 aliphatic carbocycles. The van der Waals surface area contributed by atoms with Gasteiger partial charge in [-0.25, -0.2) is 4.98 Å². The highest BCUT2D eigenvalue weighted by Crippen LogP contribution is 2.40. The van der Waals surface area contributed by atoms with E-state index in [0.29, 0.717) is 0 Å². The molecule has 0 bridgehead atoms. The minimum absolute atomic E-state index is 0.0439. The number of anilines is 1. The van der Waals surface area contributed by atoms with Crippen molar-refractivity contribution in [1.29, 1.82) is 0 Å². The van der Waals surface area contributed by atoms with Crippen LogP contribution < -0.4 is 5.32 Å². The third kappa shape index (κ3) is 1.50. The van der Waals surface area contributed by atoms with Gasteiger partial charge in [-0.15, -0.1) is 0 Å². The van der Waals surface area contributed by atoms with E-state index in [2.05, 4.69) is 10.3 Å². The maximum atomic E-state index is 11.6. The number of carbonyl (C=O) groups excluding carboxylic acids is 1. The molecule has 74 valence electrons. The van der Waals surface area contributed by atoms with Crippen LogP contribution in [0, 0.1) is 6.92 Å². The molecule has 3 nitrogen and oxygen atoms in total. The summed E-state index contributed by atoms with van der Waals surface area (Å²) in [6.07, 6.45) is 1.82. The summed E-state index contributed by atoms with van der Waals surface area (Å²) in [6, 6.07) is 1.95. The Morgan fingerprint density at radius 2 is 2.21 bits per heavy atom. The van der Waals surface area contributed by atoms with Crippen LogP contribution in [0.2, 0.25) is 0 Å². The molecule has 0 radical (unpaired) electrons. The van der Waals surface area contributed by atoms with Crippen LogP contribution in [0.5, 0.6) is 0 Å². The fourth-order valence-electron chi connectivity index (χ4n) is 1.29. The second-order valence-corrected chi connectivity index (χ2v) is 5.54. The molecule has 1 amide bonds. The second-order valence-electron chi connectivity index (χ2n) is 3.93. The number of fused-ring (bicyclic) bond motifs is 1. The van der Waals surface area contributed by atoms with Crippen LogP contribution in [0.15, 0.2) is 17.3 Å². The zero-order chi connectivity index (χ0) is 10.3. The van der Waals surface area contributed by atoms with E-state index in [1.165, 1.54) is 11.8 Å². The van der Waals surface area contributed by atoms with Crippen molar-refractivity contribution >= 4 is 23.4 Å². The number of hydrogen-bond donors (Lipinski definition) is 1. The SMILES string of the molecule is Cc1cnc2c(c1)NC(=O)C(C)(C)S2. The number of aryl methyl sites for hydroxylation is 1. The van der Waals surface area contributed by atoms with Crippen molar-refractivity contribution in [3.8, 4) is 0 Å². The predicted octanol–water partition coefficient (Wildman–Crippen LogP) is 2.21. The van der Waals surface area contributed by atoms with Crippen molar-refractivity contribution in [2.75, 3.05) is 5.32 Å². The van der Waals surface area contributed by atoms with E-state index in [9.17, 15) is 4.79 Å². The smallest absolute Gasteiger partial charge is 0.240 e. The first-order valence-electron chi connectivity index (χ1n) is 4.46. The molecule has 1 aromatic heterocycles. The average molecular weight is 208 g/mol. The van der Waals surface area contributed by atoms with E-state index >= 15 is 0 Å². The maximum Gasteiger partial charge on any atom is 0.240 e. The average Bonchev–Trinajstić information content (AvgIpc) is 2.08. The van der Waals surface area contributed by atoms with Gasteiger partial charge in [-0.1, -0.05) is 11.8 Å². The van der Waals surface area contributed by atoms with Crippen molar-refractivity contribution in [3.63, 3.8) is 0 Å². The lowest BCUT2D eigenvalue weighted by Crippen LogP contribution is -2.37. The largest absolute Gasteiger partial charge is 0.323 e. The van der Waals surface area contributed by atoms with E-state index in [0.717, 1.165) is 16.3 Å². The number of pyridine rings is 1. The molecule has 0 fully saturated rings.